The van der Waals surface area contributed by atoms with Crippen LogP contribution in [0, 0.1) is 0 Å². The van der Waals surface area contributed by atoms with E-state index in [-0.39, 0.29) is 6.61 Å². The second-order valence-electron chi connectivity index (χ2n) is 7.94. The molecule has 0 radical (unpaired) electrons. The van der Waals surface area contributed by atoms with Gasteiger partial charge in [-0.05, 0) is 45.1 Å². The van der Waals surface area contributed by atoms with E-state index in [1.165, 1.54) is 0 Å². The lowest BCUT2D eigenvalue weighted by atomic mass is 10.0. The Morgan fingerprint density at radius 2 is 1.73 bits per heavy atom. The summed E-state index contributed by atoms with van der Waals surface area (Å²) in [7, 11) is -0.806. The number of ether oxygens (including phenoxy) is 2. The van der Waals surface area contributed by atoms with Crippen LogP contribution in [0.3, 0.4) is 0 Å². The van der Waals surface area contributed by atoms with Crippen LogP contribution in [0.5, 0.6) is 0 Å². The summed E-state index contributed by atoms with van der Waals surface area (Å²) in [5.41, 5.74) is -0.101. The summed E-state index contributed by atoms with van der Waals surface area (Å²) < 4.78 is 10.4. The van der Waals surface area contributed by atoms with Crippen molar-refractivity contribution in [1.82, 2.24) is 5.32 Å². The van der Waals surface area contributed by atoms with Gasteiger partial charge in [-0.15, -0.1) is 0 Å². The molecule has 0 bridgehead atoms. The zero-order valence-electron chi connectivity index (χ0n) is 16.4. The second kappa shape index (κ2) is 9.28. The van der Waals surface area contributed by atoms with Gasteiger partial charge < -0.3 is 19.9 Å². The predicted molar refractivity (Wildman–Crippen MR) is 106 cm³/mol. The fraction of sp³-hybridized carbons (Fsp3) is 0.579. The van der Waals surface area contributed by atoms with Gasteiger partial charge in [0, 0.05) is 5.75 Å². The van der Waals surface area contributed by atoms with E-state index in [2.05, 4.69) is 24.1 Å². The fourth-order valence-electron chi connectivity index (χ4n) is 2.05. The van der Waals surface area contributed by atoms with Crippen molar-refractivity contribution >= 4 is 22.1 Å². The third kappa shape index (κ3) is 8.58. The molecule has 1 amide bonds. The van der Waals surface area contributed by atoms with Gasteiger partial charge in [0.25, 0.3) is 0 Å². The Bertz CT molecular complexity index is 592. The van der Waals surface area contributed by atoms with E-state index < -0.39 is 39.8 Å². The maximum atomic E-state index is 12.3. The number of benzene rings is 1. The van der Waals surface area contributed by atoms with Gasteiger partial charge in [0.1, 0.15) is 5.60 Å². The van der Waals surface area contributed by atoms with Crippen LogP contribution in [0.1, 0.15) is 32.4 Å². The molecule has 0 spiro atoms. The van der Waals surface area contributed by atoms with Crippen molar-refractivity contribution in [3.05, 3.63) is 35.9 Å². The monoisotopic (exact) mass is 385 g/mol. The van der Waals surface area contributed by atoms with Crippen LogP contribution in [0.25, 0.3) is 0 Å². The van der Waals surface area contributed by atoms with Crippen LogP contribution < -0.4 is 5.32 Å². The zero-order valence-corrected chi connectivity index (χ0v) is 17.3. The summed E-state index contributed by atoms with van der Waals surface area (Å²) in [4.78, 5) is 24.4. The van der Waals surface area contributed by atoms with E-state index >= 15 is 0 Å². The summed E-state index contributed by atoms with van der Waals surface area (Å²) in [6.07, 6.45) is 4.12. The van der Waals surface area contributed by atoms with Gasteiger partial charge in [-0.2, -0.15) is 0 Å². The van der Waals surface area contributed by atoms with Crippen LogP contribution >= 0.6 is 10.0 Å². The number of aliphatic hydroxyl groups is 1. The van der Waals surface area contributed by atoms with Crippen molar-refractivity contribution in [2.75, 3.05) is 31.1 Å². The topological polar surface area (TPSA) is 84.9 Å². The van der Waals surface area contributed by atoms with Gasteiger partial charge in [-0.3, -0.25) is 0 Å². The number of carbonyl (C=O) groups is 2. The molecule has 1 rings (SSSR count). The lowest BCUT2D eigenvalue weighted by molar-refractivity contribution is -0.154. The Balaban J connectivity index is 2.84. The average molecular weight is 386 g/mol. The summed E-state index contributed by atoms with van der Waals surface area (Å²) in [6, 6.07) is 7.82. The molecule has 0 fully saturated rings. The molecule has 26 heavy (non-hydrogen) atoms. The minimum Gasteiger partial charge on any atom is -0.463 e. The van der Waals surface area contributed by atoms with Crippen LogP contribution in [0.15, 0.2) is 30.3 Å². The highest BCUT2D eigenvalue weighted by atomic mass is 32.3. The van der Waals surface area contributed by atoms with E-state index in [0.717, 1.165) is 5.75 Å². The number of hydrogen-bond donors (Lipinski definition) is 2. The van der Waals surface area contributed by atoms with Gasteiger partial charge in [-0.1, -0.05) is 30.3 Å². The molecular formula is C19H31NO5S. The van der Waals surface area contributed by atoms with Gasteiger partial charge in [0.2, 0.25) is 0 Å². The maximum Gasteiger partial charge on any atom is 0.408 e. The van der Waals surface area contributed by atoms with E-state index in [0.29, 0.717) is 5.56 Å². The smallest absolute Gasteiger partial charge is 0.408 e. The Labute approximate surface area is 157 Å². The highest BCUT2D eigenvalue weighted by Crippen LogP contribution is 2.33. The van der Waals surface area contributed by atoms with Gasteiger partial charge >= 0.3 is 12.1 Å². The normalized spacial score (nSPS) is 14.9. The minimum atomic E-state index is -1.53. The molecule has 2 atom stereocenters. The number of aliphatic hydroxyl groups excluding tert-OH is 1. The number of nitrogens with one attached hydrogen (secondary N) is 1. The SMILES string of the molecule is CC(C)(C)OC(=O)N[C@@H](c1ccccc1)[C@@H](O)C(=O)OCCS(C)(C)C. The maximum absolute atomic E-state index is 12.3. The molecule has 0 heterocycles. The first-order chi connectivity index (χ1) is 11.9. The van der Waals surface area contributed by atoms with Gasteiger partial charge in [0.05, 0.1) is 12.6 Å². The summed E-state index contributed by atoms with van der Waals surface area (Å²) in [5, 5.41) is 13.0. The van der Waals surface area contributed by atoms with E-state index in [1.807, 2.05) is 6.07 Å². The Morgan fingerprint density at radius 3 is 2.23 bits per heavy atom. The van der Waals surface area contributed by atoms with Crippen LogP contribution in [-0.2, 0) is 14.3 Å². The molecule has 148 valence electrons. The fourth-order valence-corrected chi connectivity index (χ4v) is 2.64. The average Bonchev–Trinajstić information content (AvgIpc) is 2.49. The molecule has 2 N–H and O–H groups in total. The molecular weight excluding hydrogens is 354 g/mol. The van der Waals surface area contributed by atoms with Crippen molar-refractivity contribution in [3.63, 3.8) is 0 Å². The van der Waals surface area contributed by atoms with Gasteiger partial charge in [0.15, 0.2) is 6.10 Å². The molecule has 1 aromatic rings. The summed E-state index contributed by atoms with van der Waals surface area (Å²) in [6.45, 7) is 5.46. The van der Waals surface area contributed by atoms with Gasteiger partial charge in [-0.25, -0.2) is 19.6 Å². The van der Waals surface area contributed by atoms with Crippen LogP contribution in [0.4, 0.5) is 4.79 Å². The number of rotatable bonds is 7. The first-order valence-electron chi connectivity index (χ1n) is 8.44. The number of hydrogen-bond acceptors (Lipinski definition) is 5. The highest BCUT2D eigenvalue weighted by molar-refractivity contribution is 8.32. The molecule has 0 aliphatic carbocycles. The Kier molecular flexibility index (Phi) is 7.96. The van der Waals surface area contributed by atoms with E-state index in [9.17, 15) is 14.7 Å². The zero-order chi connectivity index (χ0) is 20.0. The molecule has 0 aromatic heterocycles. The standard InChI is InChI=1S/C19H31NO5S/c1-19(2,3)25-18(23)20-15(14-10-8-7-9-11-14)16(21)17(22)24-12-13-26(4,5)6/h7-11,15-16,21H,12-13H2,1-6H3,(H,20,23)/t15-,16+/m0/s1. The van der Waals surface area contributed by atoms with Crippen molar-refractivity contribution < 1.29 is 24.2 Å². The highest BCUT2D eigenvalue weighted by Gasteiger charge is 2.32. The third-order valence-corrected chi connectivity index (χ3v) is 4.72. The Morgan fingerprint density at radius 1 is 1.15 bits per heavy atom. The second-order valence-corrected chi connectivity index (χ2v) is 12.5. The number of alkyl carbamates (subject to hydrolysis) is 1. The molecule has 7 heteroatoms. The third-order valence-electron chi connectivity index (χ3n) is 3.33. The Hall–Kier alpha value is -1.73. The first-order valence-corrected chi connectivity index (χ1v) is 11.5. The largest absolute Gasteiger partial charge is 0.463 e. The minimum absolute atomic E-state index is 0.239. The summed E-state index contributed by atoms with van der Waals surface area (Å²) in [5.74, 6) is -0.0143. The van der Waals surface area contributed by atoms with E-state index in [1.54, 1.807) is 45.0 Å². The molecule has 0 saturated heterocycles. The number of amides is 1. The number of esters is 1. The predicted octanol–water partition coefficient (Wildman–Crippen LogP) is 2.85. The van der Waals surface area contributed by atoms with Crippen LogP contribution in [-0.4, -0.2) is 60.0 Å². The molecule has 6 nitrogen and oxygen atoms in total. The van der Waals surface area contributed by atoms with E-state index in [4.69, 9.17) is 9.47 Å². The molecule has 0 aliphatic heterocycles. The molecule has 0 aliphatic rings. The van der Waals surface area contributed by atoms with Crippen molar-refractivity contribution in [3.8, 4) is 0 Å². The lowest BCUT2D eigenvalue weighted by Crippen LogP contribution is -2.43. The molecule has 0 unspecified atom stereocenters. The molecule has 1 aromatic carbocycles. The van der Waals surface area contributed by atoms with Crippen LogP contribution in [0.2, 0.25) is 0 Å². The van der Waals surface area contributed by atoms with Crippen molar-refractivity contribution in [2.24, 2.45) is 0 Å². The van der Waals surface area contributed by atoms with Crippen molar-refractivity contribution in [2.45, 2.75) is 38.5 Å². The molecule has 0 saturated carbocycles. The number of carbonyl (C=O) groups excluding carboxylic acids is 2. The van der Waals surface area contributed by atoms with Crippen molar-refractivity contribution in [1.29, 1.82) is 0 Å². The first kappa shape index (κ1) is 22.3. The quantitative estimate of drug-likeness (QED) is 0.705. The lowest BCUT2D eigenvalue weighted by Gasteiger charge is -2.27. The summed E-state index contributed by atoms with van der Waals surface area (Å²) >= 11 is 0.